The molecule has 8 nitrogen and oxygen atoms in total. The second-order valence-corrected chi connectivity index (χ2v) is 12.0. The molecule has 0 aliphatic carbocycles. The number of hydrogen-bond donors (Lipinski definition) is 1. The molecule has 4 rings (SSSR count). The van der Waals surface area contributed by atoms with Gasteiger partial charge < -0.3 is 15.0 Å². The van der Waals surface area contributed by atoms with E-state index >= 15 is 0 Å². The van der Waals surface area contributed by atoms with Crippen molar-refractivity contribution in [2.24, 2.45) is 4.36 Å². The van der Waals surface area contributed by atoms with Crippen molar-refractivity contribution in [1.82, 2.24) is 14.9 Å². The molecule has 0 saturated carbocycles. The molecule has 36 heavy (non-hydrogen) atoms. The van der Waals surface area contributed by atoms with E-state index in [0.717, 1.165) is 23.8 Å². The number of carbonyl (C=O) groups excluding carboxylic acids is 1. The molecule has 0 bridgehead atoms. The normalized spacial score (nSPS) is 15.6. The van der Waals surface area contributed by atoms with Crippen molar-refractivity contribution in [3.8, 4) is 5.75 Å². The highest BCUT2D eigenvalue weighted by atomic mass is 32.2. The fourth-order valence-corrected chi connectivity index (χ4v) is 6.35. The summed E-state index contributed by atoms with van der Waals surface area (Å²) in [7, 11) is -0.503. The van der Waals surface area contributed by atoms with Crippen LogP contribution in [0.5, 0.6) is 5.75 Å². The lowest BCUT2D eigenvalue weighted by Gasteiger charge is -2.26. The molecule has 1 N–H and O–H groups in total. The SMILES string of the molecule is Cc1cc(N=S2(=O)CCCC2)cc2ncnc(Nc3ccc(F)cc3O[C@H](C)C(=O)N(C)C(C)C)c12. The van der Waals surface area contributed by atoms with Crippen molar-refractivity contribution < 1.29 is 18.1 Å². The fraction of sp³-hybridized carbons (Fsp3) is 0.423. The molecule has 1 aromatic heterocycles. The van der Waals surface area contributed by atoms with Crippen LogP contribution in [-0.4, -0.2) is 55.7 Å². The zero-order valence-electron chi connectivity index (χ0n) is 21.2. The van der Waals surface area contributed by atoms with Gasteiger partial charge in [-0.1, -0.05) is 0 Å². The van der Waals surface area contributed by atoms with Gasteiger partial charge in [-0.05, 0) is 70.4 Å². The molecule has 2 heterocycles. The van der Waals surface area contributed by atoms with Crippen LogP contribution in [0.1, 0.15) is 39.2 Å². The van der Waals surface area contributed by atoms with Gasteiger partial charge in [0.25, 0.3) is 5.91 Å². The largest absolute Gasteiger partial charge is 0.479 e. The standard InChI is InChI=1S/C26H32FN5O3S/c1-16(2)32(5)26(33)18(4)35-23-13-19(27)8-9-21(23)30-25-24-17(3)12-20(14-22(24)28-15-29-25)31-36(34)10-6-7-11-36/h8-9,12-16,18H,6-7,10-11H2,1-5H3,(H,28,29,30)/t18-/m1/s1. The minimum atomic E-state index is -2.21. The minimum absolute atomic E-state index is 0.00685. The first-order valence-electron chi connectivity index (χ1n) is 12.0. The van der Waals surface area contributed by atoms with Gasteiger partial charge in [0, 0.05) is 36.0 Å². The Kier molecular flexibility index (Phi) is 7.44. The van der Waals surface area contributed by atoms with Gasteiger partial charge >= 0.3 is 0 Å². The van der Waals surface area contributed by atoms with E-state index in [0.29, 0.717) is 34.2 Å². The molecule has 1 atom stereocenters. The van der Waals surface area contributed by atoms with Gasteiger partial charge in [0.1, 0.15) is 23.7 Å². The number of anilines is 2. The van der Waals surface area contributed by atoms with Gasteiger partial charge in [0.2, 0.25) is 0 Å². The molecule has 0 unspecified atom stereocenters. The van der Waals surface area contributed by atoms with Crippen LogP contribution < -0.4 is 10.1 Å². The summed E-state index contributed by atoms with van der Waals surface area (Å²) in [6, 6.07) is 7.80. The Morgan fingerprint density at radius 2 is 1.89 bits per heavy atom. The molecule has 1 aliphatic heterocycles. The van der Waals surface area contributed by atoms with Gasteiger partial charge in [0.15, 0.2) is 6.10 Å². The van der Waals surface area contributed by atoms with E-state index in [4.69, 9.17) is 4.74 Å². The van der Waals surface area contributed by atoms with Crippen LogP contribution in [0.2, 0.25) is 0 Å². The molecule has 10 heteroatoms. The number of aryl methyl sites for hydroxylation is 1. The number of hydrogen-bond acceptors (Lipinski definition) is 7. The number of benzene rings is 2. The second kappa shape index (κ2) is 10.4. The average molecular weight is 514 g/mol. The zero-order valence-corrected chi connectivity index (χ0v) is 22.1. The minimum Gasteiger partial charge on any atom is -0.479 e. The van der Waals surface area contributed by atoms with Crippen LogP contribution in [0, 0.1) is 12.7 Å². The maximum absolute atomic E-state index is 14.1. The molecule has 0 spiro atoms. The lowest BCUT2D eigenvalue weighted by atomic mass is 10.1. The summed E-state index contributed by atoms with van der Waals surface area (Å²) in [5.41, 5.74) is 2.62. The third-order valence-corrected chi connectivity index (χ3v) is 8.74. The Bertz CT molecular complexity index is 1410. The van der Waals surface area contributed by atoms with Crippen molar-refractivity contribution in [3.63, 3.8) is 0 Å². The van der Waals surface area contributed by atoms with Gasteiger partial charge in [-0.25, -0.2) is 18.6 Å². The lowest BCUT2D eigenvalue weighted by molar-refractivity contribution is -0.138. The summed E-state index contributed by atoms with van der Waals surface area (Å²) in [4.78, 5) is 23.1. The number of ether oxygens (including phenoxy) is 1. The van der Waals surface area contributed by atoms with E-state index < -0.39 is 21.7 Å². The smallest absolute Gasteiger partial charge is 0.263 e. The Morgan fingerprint density at radius 3 is 2.58 bits per heavy atom. The van der Waals surface area contributed by atoms with E-state index in [9.17, 15) is 13.4 Å². The zero-order chi connectivity index (χ0) is 26.0. The Morgan fingerprint density at radius 1 is 1.17 bits per heavy atom. The Labute approximate surface area is 211 Å². The molecule has 3 aromatic rings. The van der Waals surface area contributed by atoms with Gasteiger partial charge in [-0.2, -0.15) is 4.36 Å². The van der Waals surface area contributed by atoms with Crippen LogP contribution in [0.15, 0.2) is 41.0 Å². The number of nitrogens with one attached hydrogen (secondary N) is 1. The van der Waals surface area contributed by atoms with Gasteiger partial charge in [-0.3, -0.25) is 4.79 Å². The summed E-state index contributed by atoms with van der Waals surface area (Å²) in [6.45, 7) is 7.38. The summed E-state index contributed by atoms with van der Waals surface area (Å²) < 4.78 is 37.5. The van der Waals surface area contributed by atoms with Gasteiger partial charge in [-0.15, -0.1) is 0 Å². The summed E-state index contributed by atoms with van der Waals surface area (Å²) in [5, 5.41) is 3.99. The maximum Gasteiger partial charge on any atom is 0.263 e. The predicted molar refractivity (Wildman–Crippen MR) is 141 cm³/mol. The van der Waals surface area contributed by atoms with E-state index in [1.54, 1.807) is 24.9 Å². The average Bonchev–Trinajstić information content (AvgIpc) is 3.25. The van der Waals surface area contributed by atoms with Crippen molar-refractivity contribution in [2.75, 3.05) is 23.9 Å². The van der Waals surface area contributed by atoms with Crippen LogP contribution in [0.3, 0.4) is 0 Å². The molecule has 2 aromatic carbocycles. The highest BCUT2D eigenvalue weighted by Crippen LogP contribution is 2.34. The third kappa shape index (κ3) is 5.59. The highest BCUT2D eigenvalue weighted by Gasteiger charge is 2.23. The van der Waals surface area contributed by atoms with Crippen molar-refractivity contribution in [1.29, 1.82) is 0 Å². The van der Waals surface area contributed by atoms with Crippen LogP contribution >= 0.6 is 0 Å². The Hall–Kier alpha value is -3.27. The fourth-order valence-electron chi connectivity index (χ4n) is 4.17. The predicted octanol–water partition coefficient (Wildman–Crippen LogP) is 5.35. The van der Waals surface area contributed by atoms with E-state index in [-0.39, 0.29) is 17.7 Å². The molecule has 1 fully saturated rings. The summed E-state index contributed by atoms with van der Waals surface area (Å²) in [5.74, 6) is 1.26. The number of amides is 1. The third-order valence-electron chi connectivity index (χ3n) is 6.34. The summed E-state index contributed by atoms with van der Waals surface area (Å²) in [6.07, 6.45) is 2.48. The molecule has 0 radical (unpaired) electrons. The number of halogens is 1. The van der Waals surface area contributed by atoms with E-state index in [1.165, 1.54) is 18.5 Å². The lowest BCUT2D eigenvalue weighted by Crippen LogP contribution is -2.41. The topological polar surface area (TPSA) is 96.8 Å². The second-order valence-electron chi connectivity index (χ2n) is 9.43. The number of likely N-dealkylation sites (N-methyl/N-ethyl adjacent to an activating group) is 1. The quantitative estimate of drug-likeness (QED) is 0.458. The highest BCUT2D eigenvalue weighted by molar-refractivity contribution is 7.93. The molecule has 1 amide bonds. The molecule has 1 saturated heterocycles. The van der Waals surface area contributed by atoms with Crippen LogP contribution in [-0.2, 0) is 14.5 Å². The number of carbonyl (C=O) groups is 1. The molecule has 1 aliphatic rings. The summed E-state index contributed by atoms with van der Waals surface area (Å²) >= 11 is 0. The van der Waals surface area contributed by atoms with E-state index in [1.807, 2.05) is 32.9 Å². The number of rotatable bonds is 7. The van der Waals surface area contributed by atoms with Crippen molar-refractivity contribution >= 4 is 43.7 Å². The number of aromatic nitrogens is 2. The number of fused-ring (bicyclic) bond motifs is 1. The van der Waals surface area contributed by atoms with Crippen LogP contribution in [0.4, 0.5) is 21.6 Å². The van der Waals surface area contributed by atoms with E-state index in [2.05, 4.69) is 19.6 Å². The Balaban J connectivity index is 1.67. The van der Waals surface area contributed by atoms with Crippen molar-refractivity contribution in [2.45, 2.75) is 52.7 Å². The monoisotopic (exact) mass is 513 g/mol. The number of nitrogens with zero attached hydrogens (tertiary/aromatic N) is 4. The first kappa shape index (κ1) is 25.8. The first-order chi connectivity index (χ1) is 17.1. The van der Waals surface area contributed by atoms with Crippen molar-refractivity contribution in [3.05, 3.63) is 48.0 Å². The maximum atomic E-state index is 14.1. The molecule has 192 valence electrons. The van der Waals surface area contributed by atoms with Gasteiger partial charge in [0.05, 0.1) is 26.6 Å². The molecular weight excluding hydrogens is 481 g/mol. The molecular formula is C26H32FN5O3S. The van der Waals surface area contributed by atoms with Crippen LogP contribution in [0.25, 0.3) is 10.9 Å². The first-order valence-corrected chi connectivity index (χ1v) is 13.9.